The van der Waals surface area contributed by atoms with Crippen LogP contribution in [0.3, 0.4) is 0 Å². The zero-order valence-corrected chi connectivity index (χ0v) is 11.3. The largest absolute Gasteiger partial charge is 0.301 e. The Kier molecular flexibility index (Phi) is 5.88. The summed E-state index contributed by atoms with van der Waals surface area (Å²) < 4.78 is 0. The summed E-state index contributed by atoms with van der Waals surface area (Å²) in [6.07, 6.45) is 0.813. The van der Waals surface area contributed by atoms with E-state index in [1.165, 1.54) is 0 Å². The zero-order valence-electron chi connectivity index (χ0n) is 11.3. The van der Waals surface area contributed by atoms with E-state index in [1.54, 1.807) is 0 Å². The molecule has 100 valence electrons. The van der Waals surface area contributed by atoms with Crippen LogP contribution in [0.5, 0.6) is 0 Å². The highest BCUT2D eigenvalue weighted by Gasteiger charge is 2.27. The van der Waals surface area contributed by atoms with Crippen LogP contribution < -0.4 is 11.3 Å². The Morgan fingerprint density at radius 2 is 1.88 bits per heavy atom. The van der Waals surface area contributed by atoms with Crippen LogP contribution in [0.1, 0.15) is 27.2 Å². The lowest BCUT2D eigenvalue weighted by Crippen LogP contribution is -2.56. The summed E-state index contributed by atoms with van der Waals surface area (Å²) in [6, 6.07) is -0.0683. The Balaban J connectivity index is 2.42. The monoisotopic (exact) mass is 242 g/mol. The number of nitrogens with one attached hydrogen (secondary N) is 1. The maximum Gasteiger partial charge on any atom is 0.251 e. The van der Waals surface area contributed by atoms with Gasteiger partial charge in [0.05, 0.1) is 6.04 Å². The van der Waals surface area contributed by atoms with Crippen molar-refractivity contribution in [2.75, 3.05) is 32.7 Å². The van der Waals surface area contributed by atoms with E-state index in [9.17, 15) is 4.79 Å². The maximum absolute atomic E-state index is 11.6. The van der Waals surface area contributed by atoms with Gasteiger partial charge >= 0.3 is 0 Å². The maximum atomic E-state index is 11.6. The molecule has 1 heterocycles. The third-order valence-electron chi connectivity index (χ3n) is 3.30. The fourth-order valence-electron chi connectivity index (χ4n) is 2.48. The highest BCUT2D eigenvalue weighted by molar-refractivity contribution is 5.81. The van der Waals surface area contributed by atoms with Crippen LogP contribution in [0.2, 0.25) is 0 Å². The lowest BCUT2D eigenvalue weighted by atomic mass is 10.1. The fraction of sp³-hybridized carbons (Fsp3) is 0.917. The lowest BCUT2D eigenvalue weighted by Gasteiger charge is -2.38. The molecule has 0 saturated carbocycles. The molecule has 0 aliphatic carbocycles. The average Bonchev–Trinajstić information content (AvgIpc) is 2.31. The summed E-state index contributed by atoms with van der Waals surface area (Å²) >= 11 is 0. The molecule has 3 N–H and O–H groups in total. The summed E-state index contributed by atoms with van der Waals surface area (Å²) in [4.78, 5) is 16.3. The highest BCUT2D eigenvalue weighted by Crippen LogP contribution is 2.10. The van der Waals surface area contributed by atoms with Gasteiger partial charge in [0.15, 0.2) is 0 Å². The second-order valence-electron chi connectivity index (χ2n) is 5.16. The van der Waals surface area contributed by atoms with Crippen LogP contribution in [0, 0.1) is 5.92 Å². The fourth-order valence-corrected chi connectivity index (χ4v) is 2.48. The summed E-state index contributed by atoms with van der Waals surface area (Å²) in [5.41, 5.74) is 2.26. The van der Waals surface area contributed by atoms with Gasteiger partial charge in [-0.15, -0.1) is 0 Å². The number of nitrogens with two attached hydrogens (primary N) is 1. The van der Waals surface area contributed by atoms with E-state index in [0.29, 0.717) is 5.92 Å². The standard InChI is InChI=1S/C12H26N4O/c1-4-11(12(17)14-13)16-7-5-15(6-8-16)9-10(2)3/h10-11H,4-9,13H2,1-3H3,(H,14,17). The minimum absolute atomic E-state index is 0.0650. The lowest BCUT2D eigenvalue weighted by molar-refractivity contribution is -0.127. The van der Waals surface area contributed by atoms with Crippen molar-refractivity contribution in [3.8, 4) is 0 Å². The van der Waals surface area contributed by atoms with Gasteiger partial charge in [0.1, 0.15) is 0 Å². The Bertz CT molecular complexity index is 237. The van der Waals surface area contributed by atoms with Crippen LogP contribution in [0.15, 0.2) is 0 Å². The topological polar surface area (TPSA) is 61.6 Å². The van der Waals surface area contributed by atoms with Gasteiger partial charge in [0.2, 0.25) is 0 Å². The van der Waals surface area contributed by atoms with E-state index in [0.717, 1.165) is 39.1 Å². The molecule has 1 atom stereocenters. The first-order chi connectivity index (χ1) is 8.08. The third-order valence-corrected chi connectivity index (χ3v) is 3.30. The molecular formula is C12H26N4O. The third kappa shape index (κ3) is 4.26. The van der Waals surface area contributed by atoms with Crippen LogP contribution in [0.4, 0.5) is 0 Å². The number of hydrogen-bond acceptors (Lipinski definition) is 4. The van der Waals surface area contributed by atoms with Gasteiger partial charge in [-0.25, -0.2) is 5.84 Å². The van der Waals surface area contributed by atoms with Crippen LogP contribution in [-0.4, -0.2) is 54.5 Å². The molecule has 0 aromatic carbocycles. The quantitative estimate of drug-likeness (QED) is 0.406. The van der Waals surface area contributed by atoms with Crippen molar-refractivity contribution >= 4 is 5.91 Å². The van der Waals surface area contributed by atoms with Crippen molar-refractivity contribution in [2.45, 2.75) is 33.2 Å². The molecule has 0 aromatic heterocycles. The minimum Gasteiger partial charge on any atom is -0.301 e. The van der Waals surface area contributed by atoms with Crippen LogP contribution in [0.25, 0.3) is 0 Å². The van der Waals surface area contributed by atoms with E-state index in [4.69, 9.17) is 5.84 Å². The van der Waals surface area contributed by atoms with Gasteiger partial charge in [0.25, 0.3) is 5.91 Å². The van der Waals surface area contributed by atoms with Crippen molar-refractivity contribution in [3.63, 3.8) is 0 Å². The molecule has 1 aliphatic heterocycles. The molecule has 5 heteroatoms. The first-order valence-corrected chi connectivity index (χ1v) is 6.55. The number of amides is 1. The first kappa shape index (κ1) is 14.4. The minimum atomic E-state index is -0.0683. The normalized spacial score (nSPS) is 20.5. The van der Waals surface area contributed by atoms with Gasteiger partial charge in [0, 0.05) is 32.7 Å². The molecule has 1 fully saturated rings. The van der Waals surface area contributed by atoms with E-state index >= 15 is 0 Å². The Morgan fingerprint density at radius 3 is 2.29 bits per heavy atom. The van der Waals surface area contributed by atoms with Gasteiger partial charge in [-0.2, -0.15) is 0 Å². The number of piperazine rings is 1. The molecule has 0 aromatic rings. The molecular weight excluding hydrogens is 216 g/mol. The van der Waals surface area contributed by atoms with Crippen molar-refractivity contribution < 1.29 is 4.79 Å². The molecule has 1 amide bonds. The van der Waals surface area contributed by atoms with Crippen LogP contribution in [-0.2, 0) is 4.79 Å². The van der Waals surface area contributed by atoms with Crippen molar-refractivity contribution in [1.82, 2.24) is 15.2 Å². The molecule has 1 aliphatic rings. The zero-order chi connectivity index (χ0) is 12.8. The van der Waals surface area contributed by atoms with Crippen molar-refractivity contribution in [3.05, 3.63) is 0 Å². The predicted octanol–water partition coefficient (Wildman–Crippen LogP) is 0.0285. The second kappa shape index (κ2) is 6.93. The number of hydrogen-bond donors (Lipinski definition) is 2. The predicted molar refractivity (Wildman–Crippen MR) is 69.3 cm³/mol. The first-order valence-electron chi connectivity index (χ1n) is 6.55. The highest BCUT2D eigenvalue weighted by atomic mass is 16.2. The average molecular weight is 242 g/mol. The molecule has 1 saturated heterocycles. The van der Waals surface area contributed by atoms with Crippen molar-refractivity contribution in [1.29, 1.82) is 0 Å². The van der Waals surface area contributed by atoms with Crippen molar-refractivity contribution in [2.24, 2.45) is 11.8 Å². The number of nitrogens with zero attached hydrogens (tertiary/aromatic N) is 2. The Labute approximate surface area is 104 Å². The van der Waals surface area contributed by atoms with Gasteiger partial charge < -0.3 is 4.90 Å². The summed E-state index contributed by atoms with van der Waals surface area (Å²) in [7, 11) is 0. The molecule has 0 spiro atoms. The second-order valence-corrected chi connectivity index (χ2v) is 5.16. The van der Waals surface area contributed by atoms with E-state index in [-0.39, 0.29) is 11.9 Å². The van der Waals surface area contributed by atoms with Crippen LogP contribution >= 0.6 is 0 Å². The smallest absolute Gasteiger partial charge is 0.251 e. The number of rotatable bonds is 5. The van der Waals surface area contributed by atoms with Gasteiger partial charge in [-0.1, -0.05) is 20.8 Å². The molecule has 17 heavy (non-hydrogen) atoms. The summed E-state index contributed by atoms with van der Waals surface area (Å²) in [6.45, 7) is 11.7. The number of hydrazine groups is 1. The van der Waals surface area contributed by atoms with Gasteiger partial charge in [-0.05, 0) is 12.3 Å². The van der Waals surface area contributed by atoms with E-state index in [1.807, 2.05) is 6.92 Å². The Hall–Kier alpha value is -0.650. The molecule has 0 bridgehead atoms. The van der Waals surface area contributed by atoms with Gasteiger partial charge in [-0.3, -0.25) is 15.1 Å². The molecule has 1 rings (SSSR count). The summed E-state index contributed by atoms with van der Waals surface area (Å²) in [5, 5.41) is 0. The molecule has 5 nitrogen and oxygen atoms in total. The van der Waals surface area contributed by atoms with E-state index < -0.39 is 0 Å². The Morgan fingerprint density at radius 1 is 1.29 bits per heavy atom. The molecule has 1 unspecified atom stereocenters. The molecule has 0 radical (unpaired) electrons. The SMILES string of the molecule is CCC(C(=O)NN)N1CCN(CC(C)C)CC1. The van der Waals surface area contributed by atoms with E-state index in [2.05, 4.69) is 29.1 Å². The number of carbonyl (C=O) groups is 1. The number of carbonyl (C=O) groups excluding carboxylic acids is 1. The summed E-state index contributed by atoms with van der Waals surface area (Å²) in [5.74, 6) is 5.85.